The Morgan fingerprint density at radius 3 is 2.23 bits per heavy atom. The zero-order valence-electron chi connectivity index (χ0n) is 7.26. The van der Waals surface area contributed by atoms with E-state index in [1.165, 1.54) is 0 Å². The van der Waals surface area contributed by atoms with Gasteiger partial charge in [0.25, 0.3) is 0 Å². The minimum absolute atomic E-state index is 0.804. The van der Waals surface area contributed by atoms with E-state index in [1.54, 1.807) is 13.0 Å². The number of nitrogens with zero attached hydrogens (tertiary/aromatic N) is 1. The number of hydrogen-bond acceptors (Lipinski definition) is 1. The van der Waals surface area contributed by atoms with Crippen molar-refractivity contribution < 1.29 is 0 Å². The molecule has 0 atom stereocenters. The summed E-state index contributed by atoms with van der Waals surface area (Å²) < 4.78 is 0. The molecule has 0 saturated heterocycles. The minimum Gasteiger partial charge on any atom is -0.183 e. The van der Waals surface area contributed by atoms with Gasteiger partial charge in [-0.3, -0.25) is 0 Å². The van der Waals surface area contributed by atoms with Crippen LogP contribution in [0.4, 0.5) is 0 Å². The summed E-state index contributed by atoms with van der Waals surface area (Å²) in [7, 11) is 0. The van der Waals surface area contributed by atoms with E-state index in [-0.39, 0.29) is 0 Å². The summed E-state index contributed by atoms with van der Waals surface area (Å²) >= 11 is 0. The smallest absolute Gasteiger partial charge is 0.152 e. The molecular formula is C12H7N. The lowest BCUT2D eigenvalue weighted by molar-refractivity contribution is 1.54. The quantitative estimate of drug-likeness (QED) is 0.539. The summed E-state index contributed by atoms with van der Waals surface area (Å²) in [6.45, 7) is 1.77. The van der Waals surface area contributed by atoms with Gasteiger partial charge in [0.05, 0.1) is 0 Å². The van der Waals surface area contributed by atoms with Crippen LogP contribution >= 0.6 is 0 Å². The van der Waals surface area contributed by atoms with E-state index in [1.807, 2.05) is 24.3 Å². The van der Waals surface area contributed by atoms with Crippen LogP contribution in [0.25, 0.3) is 0 Å². The van der Waals surface area contributed by atoms with Gasteiger partial charge in [-0.2, -0.15) is 5.26 Å². The van der Waals surface area contributed by atoms with Crippen LogP contribution in [0.2, 0.25) is 0 Å². The van der Waals surface area contributed by atoms with Crippen molar-refractivity contribution in [2.45, 2.75) is 6.92 Å². The average molecular weight is 165 g/mol. The molecule has 0 radical (unpaired) electrons. The predicted molar refractivity (Wildman–Crippen MR) is 51.5 cm³/mol. The van der Waals surface area contributed by atoms with Crippen LogP contribution in [0.1, 0.15) is 18.1 Å². The van der Waals surface area contributed by atoms with Gasteiger partial charge in [-0.25, -0.2) is 0 Å². The van der Waals surface area contributed by atoms with Gasteiger partial charge in [-0.1, -0.05) is 18.1 Å². The highest BCUT2D eigenvalue weighted by molar-refractivity contribution is 5.50. The molecule has 1 heteroatoms. The first kappa shape index (κ1) is 8.92. The van der Waals surface area contributed by atoms with Gasteiger partial charge >= 0.3 is 0 Å². The van der Waals surface area contributed by atoms with Gasteiger partial charge in [0.1, 0.15) is 0 Å². The molecule has 1 rings (SSSR count). The Balaban J connectivity index is 3.19. The molecule has 0 amide bonds. The molecule has 0 aliphatic heterocycles. The van der Waals surface area contributed by atoms with Crippen molar-refractivity contribution in [1.82, 2.24) is 0 Å². The van der Waals surface area contributed by atoms with Gasteiger partial charge in [0.15, 0.2) is 6.07 Å². The van der Waals surface area contributed by atoms with Crippen molar-refractivity contribution in [3.63, 3.8) is 0 Å². The van der Waals surface area contributed by atoms with Crippen molar-refractivity contribution in [3.8, 4) is 29.8 Å². The fraction of sp³-hybridized carbons (Fsp3) is 0.0833. The summed E-state index contributed by atoms with van der Waals surface area (Å²) in [5.74, 6) is 10.8. The van der Waals surface area contributed by atoms with Crippen molar-refractivity contribution in [2.75, 3.05) is 0 Å². The maximum Gasteiger partial charge on any atom is 0.152 e. The van der Waals surface area contributed by atoms with Gasteiger partial charge in [0, 0.05) is 17.0 Å². The third-order valence-electron chi connectivity index (χ3n) is 1.44. The number of hydrogen-bond donors (Lipinski definition) is 0. The average Bonchev–Trinajstić information content (AvgIpc) is 2.17. The minimum atomic E-state index is 0.804. The molecule has 1 aromatic carbocycles. The first-order valence-electron chi connectivity index (χ1n) is 3.80. The number of benzene rings is 1. The fourth-order valence-corrected chi connectivity index (χ4v) is 0.931. The second-order valence-corrected chi connectivity index (χ2v) is 2.28. The Kier molecular flexibility index (Phi) is 3.20. The summed E-state index contributed by atoms with van der Waals surface area (Å²) in [6.07, 6.45) is 0. The van der Waals surface area contributed by atoms with E-state index in [0.29, 0.717) is 0 Å². The molecule has 0 aromatic heterocycles. The molecule has 13 heavy (non-hydrogen) atoms. The lowest BCUT2D eigenvalue weighted by atomic mass is 10.1. The number of rotatable bonds is 0. The van der Waals surface area contributed by atoms with E-state index in [9.17, 15) is 0 Å². The molecule has 0 spiro atoms. The van der Waals surface area contributed by atoms with Crippen molar-refractivity contribution in [2.24, 2.45) is 0 Å². The van der Waals surface area contributed by atoms with Crippen LogP contribution in [0.15, 0.2) is 24.3 Å². The topological polar surface area (TPSA) is 23.8 Å². The second-order valence-electron chi connectivity index (χ2n) is 2.28. The zero-order valence-corrected chi connectivity index (χ0v) is 7.26. The van der Waals surface area contributed by atoms with Crippen LogP contribution in [-0.2, 0) is 0 Å². The lowest BCUT2D eigenvalue weighted by Gasteiger charge is -1.93. The molecular weight excluding hydrogens is 158 g/mol. The predicted octanol–water partition coefficient (Wildman–Crippen LogP) is 1.93. The van der Waals surface area contributed by atoms with Gasteiger partial charge < -0.3 is 0 Å². The Labute approximate surface area is 78.0 Å². The molecule has 1 nitrogen and oxygen atoms in total. The van der Waals surface area contributed by atoms with E-state index in [0.717, 1.165) is 11.1 Å². The highest BCUT2D eigenvalue weighted by Gasteiger charge is 1.92. The molecule has 0 aliphatic carbocycles. The summed E-state index contributed by atoms with van der Waals surface area (Å²) in [5, 5.41) is 8.29. The fourth-order valence-electron chi connectivity index (χ4n) is 0.931. The SMILES string of the molecule is CC#Cc1ccccc1C#CC#N. The summed E-state index contributed by atoms with van der Waals surface area (Å²) in [6, 6.07) is 9.29. The maximum atomic E-state index is 8.29. The van der Waals surface area contributed by atoms with Crippen LogP contribution in [0, 0.1) is 35.0 Å². The molecule has 0 N–H and O–H groups in total. The van der Waals surface area contributed by atoms with Crippen LogP contribution in [0.5, 0.6) is 0 Å². The lowest BCUT2D eigenvalue weighted by Crippen LogP contribution is -1.81. The third-order valence-corrected chi connectivity index (χ3v) is 1.44. The Morgan fingerprint density at radius 2 is 1.69 bits per heavy atom. The summed E-state index contributed by atoms with van der Waals surface area (Å²) in [5.41, 5.74) is 1.67. The molecule has 0 fully saturated rings. The van der Waals surface area contributed by atoms with Crippen molar-refractivity contribution >= 4 is 0 Å². The first-order valence-corrected chi connectivity index (χ1v) is 3.80. The molecule has 0 heterocycles. The van der Waals surface area contributed by atoms with Crippen LogP contribution in [0.3, 0.4) is 0 Å². The van der Waals surface area contributed by atoms with E-state index in [2.05, 4.69) is 23.7 Å². The molecule has 60 valence electrons. The Hall–Kier alpha value is -2.17. The van der Waals surface area contributed by atoms with E-state index in [4.69, 9.17) is 5.26 Å². The Morgan fingerprint density at radius 1 is 1.08 bits per heavy atom. The highest BCUT2D eigenvalue weighted by atomic mass is 14.2. The molecule has 1 aromatic rings. The van der Waals surface area contributed by atoms with E-state index >= 15 is 0 Å². The third kappa shape index (κ3) is 2.41. The normalized spacial score (nSPS) is 7.08. The van der Waals surface area contributed by atoms with Crippen LogP contribution in [-0.4, -0.2) is 0 Å². The monoisotopic (exact) mass is 165 g/mol. The highest BCUT2D eigenvalue weighted by Crippen LogP contribution is 2.04. The van der Waals surface area contributed by atoms with E-state index < -0.39 is 0 Å². The maximum absolute atomic E-state index is 8.29. The largest absolute Gasteiger partial charge is 0.183 e. The first-order chi connectivity index (χ1) is 6.38. The molecule has 0 unspecified atom stereocenters. The zero-order chi connectivity index (χ0) is 9.52. The second kappa shape index (κ2) is 4.66. The molecule has 0 saturated carbocycles. The summed E-state index contributed by atoms with van der Waals surface area (Å²) in [4.78, 5) is 0. The molecule has 0 aliphatic rings. The van der Waals surface area contributed by atoms with Crippen molar-refractivity contribution in [1.29, 1.82) is 5.26 Å². The van der Waals surface area contributed by atoms with Crippen molar-refractivity contribution in [3.05, 3.63) is 35.4 Å². The van der Waals surface area contributed by atoms with Gasteiger partial charge in [-0.15, -0.1) is 5.92 Å². The van der Waals surface area contributed by atoms with Crippen LogP contribution < -0.4 is 0 Å². The Bertz CT molecular complexity index is 456. The molecule has 0 bridgehead atoms. The standard InChI is InChI=1S/C12H7N/c1-2-6-11-7-3-4-8-12(11)9-5-10-13/h3-4,7-8H,1H3. The number of nitriles is 1. The van der Waals surface area contributed by atoms with Gasteiger partial charge in [0.2, 0.25) is 0 Å². The van der Waals surface area contributed by atoms with Gasteiger partial charge in [-0.05, 0) is 25.0 Å².